The Bertz CT molecular complexity index is 780. The fourth-order valence-electron chi connectivity index (χ4n) is 3.22. The molecule has 1 aromatic rings. The summed E-state index contributed by atoms with van der Waals surface area (Å²) in [4.78, 5) is 27.7. The fourth-order valence-corrected chi connectivity index (χ4v) is 4.57. The molecule has 2 amide bonds. The minimum Gasteiger partial charge on any atom is -0.444 e. The predicted molar refractivity (Wildman–Crippen MR) is 123 cm³/mol. The molecule has 6 nitrogen and oxygen atoms in total. The van der Waals surface area contributed by atoms with Gasteiger partial charge in [-0.1, -0.05) is 32.9 Å². The number of hydrogen-bond donors (Lipinski definition) is 1. The summed E-state index contributed by atoms with van der Waals surface area (Å²) in [6.07, 6.45) is -0.228. The van der Waals surface area contributed by atoms with Gasteiger partial charge in [0.05, 0.1) is 6.10 Å². The van der Waals surface area contributed by atoms with Crippen molar-refractivity contribution in [1.29, 1.82) is 0 Å². The number of nitrogens with one attached hydrogen (secondary N) is 1. The lowest BCUT2D eigenvalue weighted by Crippen LogP contribution is -2.53. The molecule has 1 aliphatic rings. The third-order valence-corrected chi connectivity index (χ3v) is 10.3. The molecule has 1 aromatic carbocycles. The average molecular weight is 435 g/mol. The van der Waals surface area contributed by atoms with Crippen LogP contribution in [-0.2, 0) is 14.0 Å². The van der Waals surface area contributed by atoms with Crippen molar-refractivity contribution in [3.8, 4) is 0 Å². The number of aryl methyl sites for hydroxylation is 1. The molecule has 168 valence electrons. The van der Waals surface area contributed by atoms with Crippen molar-refractivity contribution in [1.82, 2.24) is 4.90 Å². The van der Waals surface area contributed by atoms with Crippen molar-refractivity contribution in [2.24, 2.45) is 0 Å². The van der Waals surface area contributed by atoms with Crippen molar-refractivity contribution in [2.75, 3.05) is 11.9 Å². The molecule has 1 aliphatic heterocycles. The number of carbonyl (C=O) groups is 2. The first-order valence-corrected chi connectivity index (χ1v) is 13.6. The molecule has 0 aromatic heterocycles. The molecule has 0 aliphatic carbocycles. The molecule has 30 heavy (non-hydrogen) atoms. The molecule has 1 saturated heterocycles. The third kappa shape index (κ3) is 6.08. The zero-order chi connectivity index (χ0) is 22.9. The van der Waals surface area contributed by atoms with Crippen LogP contribution in [0.5, 0.6) is 0 Å². The second-order valence-corrected chi connectivity index (χ2v) is 15.4. The SMILES string of the molecule is Cc1cccc(NC(=O)[C@@H]2[C@@H](O[Si](C)(C)C(C)(C)C)CCN2C(=O)OC(C)(C)C)c1. The van der Waals surface area contributed by atoms with E-state index in [0.29, 0.717) is 18.7 Å². The highest BCUT2D eigenvalue weighted by atomic mass is 28.4. The first kappa shape index (κ1) is 24.4. The number of nitrogens with zero attached hydrogens (tertiary/aromatic N) is 1. The maximum absolute atomic E-state index is 13.3. The number of carbonyl (C=O) groups excluding carboxylic acids is 2. The van der Waals surface area contributed by atoms with E-state index < -0.39 is 26.1 Å². The Labute approximate surface area is 182 Å². The Morgan fingerprint density at radius 3 is 2.30 bits per heavy atom. The van der Waals surface area contributed by atoms with Gasteiger partial charge in [0, 0.05) is 12.2 Å². The van der Waals surface area contributed by atoms with E-state index in [1.54, 1.807) is 0 Å². The average Bonchev–Trinajstić information content (AvgIpc) is 2.95. The molecule has 0 radical (unpaired) electrons. The molecule has 1 N–H and O–H groups in total. The van der Waals surface area contributed by atoms with Gasteiger partial charge in [0.25, 0.3) is 0 Å². The van der Waals surface area contributed by atoms with Crippen LogP contribution in [0.2, 0.25) is 18.1 Å². The fraction of sp³-hybridized carbons (Fsp3) is 0.652. The number of ether oxygens (including phenoxy) is 1. The van der Waals surface area contributed by atoms with Crippen molar-refractivity contribution < 1.29 is 18.8 Å². The Morgan fingerprint density at radius 2 is 1.77 bits per heavy atom. The molecule has 2 rings (SSSR count). The first-order valence-electron chi connectivity index (χ1n) is 10.7. The van der Waals surface area contributed by atoms with Crippen LogP contribution in [0.3, 0.4) is 0 Å². The molecule has 1 heterocycles. The van der Waals surface area contributed by atoms with Gasteiger partial charge in [0.1, 0.15) is 11.6 Å². The molecular formula is C23H38N2O4Si. The van der Waals surface area contributed by atoms with Crippen LogP contribution in [0.15, 0.2) is 24.3 Å². The maximum atomic E-state index is 13.3. The number of benzene rings is 1. The van der Waals surface area contributed by atoms with Gasteiger partial charge >= 0.3 is 6.09 Å². The maximum Gasteiger partial charge on any atom is 0.411 e. The van der Waals surface area contributed by atoms with E-state index in [9.17, 15) is 9.59 Å². The summed E-state index contributed by atoms with van der Waals surface area (Å²) in [5.41, 5.74) is 1.13. The van der Waals surface area contributed by atoms with Crippen molar-refractivity contribution in [3.05, 3.63) is 29.8 Å². The molecule has 2 atom stereocenters. The molecule has 7 heteroatoms. The molecule has 0 unspecified atom stereocenters. The van der Waals surface area contributed by atoms with Crippen molar-refractivity contribution in [2.45, 2.75) is 90.8 Å². The summed E-state index contributed by atoms with van der Waals surface area (Å²) in [6, 6.07) is 6.90. The largest absolute Gasteiger partial charge is 0.444 e. The topological polar surface area (TPSA) is 67.9 Å². The standard InChI is InChI=1S/C23H38N2O4Si/c1-16-11-10-12-17(15-16)24-20(26)19-18(29-30(8,9)23(5,6)7)13-14-25(19)21(27)28-22(2,3)4/h10-12,15,18-19H,13-14H2,1-9H3,(H,24,26)/t18-,19-/m0/s1. The summed E-state index contributed by atoms with van der Waals surface area (Å²) in [6.45, 7) is 18.7. The normalized spacial score (nSPS) is 20.2. The summed E-state index contributed by atoms with van der Waals surface area (Å²) in [7, 11) is -2.13. The molecule has 0 saturated carbocycles. The van der Waals surface area contributed by atoms with Crippen molar-refractivity contribution in [3.63, 3.8) is 0 Å². The smallest absolute Gasteiger partial charge is 0.411 e. The minimum atomic E-state index is -2.13. The van der Waals surface area contributed by atoms with Gasteiger partial charge in [-0.2, -0.15) is 0 Å². The lowest BCUT2D eigenvalue weighted by Gasteiger charge is -2.40. The van der Waals surface area contributed by atoms with Crippen molar-refractivity contribution >= 4 is 26.0 Å². The van der Waals surface area contributed by atoms with Gasteiger partial charge in [-0.05, 0) is 69.9 Å². The molecule has 1 fully saturated rings. The van der Waals surface area contributed by atoms with Crippen LogP contribution in [0.25, 0.3) is 0 Å². The summed E-state index contributed by atoms with van der Waals surface area (Å²) >= 11 is 0. The number of rotatable bonds is 4. The Morgan fingerprint density at radius 1 is 1.13 bits per heavy atom. The number of anilines is 1. The van der Waals surface area contributed by atoms with Gasteiger partial charge in [-0.3, -0.25) is 9.69 Å². The van der Waals surface area contributed by atoms with Crippen LogP contribution in [0.1, 0.15) is 53.5 Å². The highest BCUT2D eigenvalue weighted by Gasteiger charge is 2.48. The summed E-state index contributed by atoms with van der Waals surface area (Å²) in [5, 5.41) is 2.98. The highest BCUT2D eigenvalue weighted by molar-refractivity contribution is 6.74. The monoisotopic (exact) mass is 434 g/mol. The van der Waals surface area contributed by atoms with Crippen LogP contribution in [0, 0.1) is 6.92 Å². The van der Waals surface area contributed by atoms with E-state index >= 15 is 0 Å². The lowest BCUT2D eigenvalue weighted by atomic mass is 10.1. The first-order chi connectivity index (χ1) is 13.6. The van der Waals surface area contributed by atoms with Gasteiger partial charge in [-0.25, -0.2) is 4.79 Å². The lowest BCUT2D eigenvalue weighted by molar-refractivity contribution is -0.122. The van der Waals surface area contributed by atoms with E-state index in [2.05, 4.69) is 39.2 Å². The van der Waals surface area contributed by atoms with Crippen LogP contribution in [-0.4, -0.2) is 49.5 Å². The van der Waals surface area contributed by atoms with Gasteiger partial charge in [0.2, 0.25) is 5.91 Å². The van der Waals surface area contributed by atoms with Crippen LogP contribution in [0.4, 0.5) is 10.5 Å². The zero-order valence-electron chi connectivity index (χ0n) is 20.0. The van der Waals surface area contributed by atoms with E-state index in [1.807, 2.05) is 52.0 Å². The zero-order valence-corrected chi connectivity index (χ0v) is 21.0. The van der Waals surface area contributed by atoms with Gasteiger partial charge in [0.15, 0.2) is 8.32 Å². The Hall–Kier alpha value is -1.86. The minimum absolute atomic E-state index is 0.00388. The number of likely N-dealkylation sites (tertiary alicyclic amines) is 1. The molecular weight excluding hydrogens is 396 g/mol. The van der Waals surface area contributed by atoms with Crippen LogP contribution >= 0.6 is 0 Å². The number of amides is 2. The predicted octanol–water partition coefficient (Wildman–Crippen LogP) is 5.33. The molecule has 0 bridgehead atoms. The Kier molecular flexibility index (Phi) is 7.09. The van der Waals surface area contributed by atoms with Gasteiger partial charge in [-0.15, -0.1) is 0 Å². The highest BCUT2D eigenvalue weighted by Crippen LogP contribution is 2.39. The second-order valence-electron chi connectivity index (χ2n) is 10.7. The second kappa shape index (κ2) is 8.71. The quantitative estimate of drug-likeness (QED) is 0.650. The summed E-state index contributed by atoms with van der Waals surface area (Å²) < 4.78 is 12.2. The Balaban J connectivity index is 2.30. The van der Waals surface area contributed by atoms with E-state index in [0.717, 1.165) is 5.56 Å². The van der Waals surface area contributed by atoms with E-state index in [-0.39, 0.29) is 17.0 Å². The van der Waals surface area contributed by atoms with Crippen LogP contribution < -0.4 is 5.32 Å². The van der Waals surface area contributed by atoms with Gasteiger partial charge < -0.3 is 14.5 Å². The van der Waals surface area contributed by atoms with E-state index in [4.69, 9.17) is 9.16 Å². The molecule has 0 spiro atoms. The number of hydrogen-bond acceptors (Lipinski definition) is 4. The third-order valence-electron chi connectivity index (χ3n) is 5.78. The van der Waals surface area contributed by atoms with E-state index in [1.165, 1.54) is 4.90 Å². The summed E-state index contributed by atoms with van der Waals surface area (Å²) in [5.74, 6) is -0.243.